The van der Waals surface area contributed by atoms with Crippen LogP contribution in [0.5, 0.6) is 0 Å². The maximum Gasteiger partial charge on any atom is 0.417 e. The standard InChI is InChI=1S/C23H20Cl2F3N3O3S/c1-11-19-8-14(32)9-20(11)31(19)35(33,34)21-7-13(3-5-17(21)25)22-29-10-18(30-22)12-2-4-16(24)15(6-12)23(26,27)28/h2-7,10-11,14,19-20,32H,8-9H2,1H3,(H,29,30). The number of aliphatic hydroxyl groups is 1. The smallest absolute Gasteiger partial charge is 0.393 e. The second kappa shape index (κ2) is 8.48. The van der Waals surface area contributed by atoms with Gasteiger partial charge in [-0.05, 0) is 49.1 Å². The lowest BCUT2D eigenvalue weighted by atomic mass is 9.72. The van der Waals surface area contributed by atoms with Crippen LogP contribution in [-0.4, -0.2) is 46.0 Å². The molecule has 2 aromatic carbocycles. The number of sulfonamides is 1. The third-order valence-electron chi connectivity index (χ3n) is 6.81. The van der Waals surface area contributed by atoms with E-state index in [1.54, 1.807) is 6.07 Å². The molecule has 2 N–H and O–H groups in total. The minimum atomic E-state index is -4.61. The summed E-state index contributed by atoms with van der Waals surface area (Å²) in [4.78, 5) is 7.10. The Morgan fingerprint density at radius 3 is 2.34 bits per heavy atom. The van der Waals surface area contributed by atoms with E-state index in [9.17, 15) is 26.7 Å². The minimum Gasteiger partial charge on any atom is -0.393 e. The van der Waals surface area contributed by atoms with Gasteiger partial charge in [0, 0.05) is 23.2 Å². The average Bonchev–Trinajstić information content (AvgIpc) is 3.28. The summed E-state index contributed by atoms with van der Waals surface area (Å²) in [5.74, 6) is 0.410. The van der Waals surface area contributed by atoms with Crippen molar-refractivity contribution in [3.05, 3.63) is 58.2 Å². The molecule has 2 bridgehead atoms. The van der Waals surface area contributed by atoms with Gasteiger partial charge in [-0.2, -0.15) is 17.5 Å². The van der Waals surface area contributed by atoms with Crippen LogP contribution in [0.15, 0.2) is 47.5 Å². The van der Waals surface area contributed by atoms with Crippen molar-refractivity contribution in [2.45, 2.75) is 49.0 Å². The summed E-state index contributed by atoms with van der Waals surface area (Å²) in [6.45, 7) is 1.97. The molecular weight excluding hydrogens is 526 g/mol. The molecular formula is C23H20Cl2F3N3O3S. The zero-order valence-electron chi connectivity index (χ0n) is 18.2. The molecule has 186 valence electrons. The quantitative estimate of drug-likeness (QED) is 0.446. The van der Waals surface area contributed by atoms with Gasteiger partial charge in [0.15, 0.2) is 0 Å². The predicted octanol–water partition coefficient (Wildman–Crippen LogP) is 5.60. The molecule has 6 nitrogen and oxygen atoms in total. The average molecular weight is 546 g/mol. The number of H-pyrrole nitrogens is 1. The van der Waals surface area contributed by atoms with Gasteiger partial charge in [-0.1, -0.05) is 36.2 Å². The first-order valence-electron chi connectivity index (χ1n) is 10.8. The fourth-order valence-corrected chi connectivity index (χ4v) is 7.72. The van der Waals surface area contributed by atoms with Gasteiger partial charge in [-0.25, -0.2) is 13.4 Å². The van der Waals surface area contributed by atoms with E-state index in [4.69, 9.17) is 23.2 Å². The van der Waals surface area contributed by atoms with Crippen molar-refractivity contribution in [3.63, 3.8) is 0 Å². The number of nitrogens with one attached hydrogen (secondary N) is 1. The van der Waals surface area contributed by atoms with E-state index >= 15 is 0 Å². The predicted molar refractivity (Wildman–Crippen MR) is 125 cm³/mol. The molecule has 2 atom stereocenters. The lowest BCUT2D eigenvalue weighted by Gasteiger charge is -2.57. The molecule has 2 heterocycles. The highest BCUT2D eigenvalue weighted by atomic mass is 35.5. The monoisotopic (exact) mass is 545 g/mol. The molecule has 0 amide bonds. The van der Waals surface area contributed by atoms with Crippen LogP contribution in [0, 0.1) is 5.92 Å². The second-order valence-electron chi connectivity index (χ2n) is 8.94. The fourth-order valence-electron chi connectivity index (χ4n) is 5.00. The van der Waals surface area contributed by atoms with E-state index in [2.05, 4.69) is 9.97 Å². The van der Waals surface area contributed by atoms with Crippen molar-refractivity contribution in [2.24, 2.45) is 5.92 Å². The Bertz CT molecular complexity index is 1400. The number of nitrogens with zero attached hydrogens (tertiary/aromatic N) is 2. The van der Waals surface area contributed by atoms with Crippen LogP contribution >= 0.6 is 23.2 Å². The minimum absolute atomic E-state index is 0.0474. The van der Waals surface area contributed by atoms with Crippen LogP contribution in [0.4, 0.5) is 13.2 Å². The molecule has 2 fully saturated rings. The number of piperidine rings is 1. The maximum absolute atomic E-state index is 13.5. The third kappa shape index (κ3) is 4.15. The molecule has 0 radical (unpaired) electrons. The van der Waals surface area contributed by atoms with Gasteiger partial charge in [0.2, 0.25) is 10.0 Å². The number of aromatic amines is 1. The Morgan fingerprint density at radius 2 is 1.69 bits per heavy atom. The van der Waals surface area contributed by atoms with E-state index < -0.39 is 32.9 Å². The SMILES string of the molecule is CC1C2CC(O)CC1N2S(=O)(=O)c1cc(-c2ncc(-c3ccc(Cl)c(C(F)(F)F)c3)[nH]2)ccc1Cl. The molecule has 1 aliphatic carbocycles. The van der Waals surface area contributed by atoms with Gasteiger partial charge in [0.25, 0.3) is 0 Å². The molecule has 2 aliphatic rings. The molecule has 5 rings (SSSR count). The topological polar surface area (TPSA) is 86.3 Å². The van der Waals surface area contributed by atoms with Crippen LogP contribution in [0.1, 0.15) is 25.3 Å². The van der Waals surface area contributed by atoms with E-state index in [1.807, 2.05) is 6.92 Å². The summed E-state index contributed by atoms with van der Waals surface area (Å²) < 4.78 is 68.1. The lowest BCUT2D eigenvalue weighted by Crippen LogP contribution is -2.69. The summed E-state index contributed by atoms with van der Waals surface area (Å²) in [6, 6.07) is 7.36. The Kier molecular flexibility index (Phi) is 5.96. The van der Waals surface area contributed by atoms with Gasteiger partial charge in [-0.15, -0.1) is 0 Å². The number of imidazole rings is 1. The number of rotatable bonds is 4. The highest BCUT2D eigenvalue weighted by Crippen LogP contribution is 2.47. The van der Waals surface area contributed by atoms with Crippen LogP contribution < -0.4 is 0 Å². The number of halogens is 5. The summed E-state index contributed by atoms with van der Waals surface area (Å²) in [6.07, 6.45) is -3.03. The van der Waals surface area contributed by atoms with E-state index in [0.29, 0.717) is 24.1 Å². The van der Waals surface area contributed by atoms with E-state index in [-0.39, 0.29) is 39.3 Å². The number of alkyl halides is 3. The van der Waals surface area contributed by atoms with Crippen molar-refractivity contribution in [1.82, 2.24) is 14.3 Å². The summed E-state index contributed by atoms with van der Waals surface area (Å²) in [5.41, 5.74) is -0.0278. The number of benzene rings is 2. The first-order chi connectivity index (χ1) is 16.4. The molecule has 1 saturated heterocycles. The largest absolute Gasteiger partial charge is 0.417 e. The van der Waals surface area contributed by atoms with Crippen molar-refractivity contribution in [2.75, 3.05) is 0 Å². The summed E-state index contributed by atoms with van der Waals surface area (Å²) in [7, 11) is -3.94. The van der Waals surface area contributed by atoms with E-state index in [1.165, 1.54) is 28.7 Å². The molecule has 1 aromatic heterocycles. The van der Waals surface area contributed by atoms with Crippen LogP contribution in [-0.2, 0) is 16.2 Å². The van der Waals surface area contributed by atoms with Gasteiger partial charge in [-0.3, -0.25) is 0 Å². The Labute approximate surface area is 209 Å². The second-order valence-corrected chi connectivity index (χ2v) is 11.6. The fraction of sp³-hybridized carbons (Fsp3) is 0.348. The van der Waals surface area contributed by atoms with Crippen molar-refractivity contribution >= 4 is 33.2 Å². The first kappa shape index (κ1) is 24.6. The molecule has 2 unspecified atom stereocenters. The maximum atomic E-state index is 13.5. The molecule has 3 aromatic rings. The van der Waals surface area contributed by atoms with Gasteiger partial charge in [0.05, 0.1) is 33.6 Å². The Morgan fingerprint density at radius 1 is 1.06 bits per heavy atom. The van der Waals surface area contributed by atoms with Crippen LogP contribution in [0.2, 0.25) is 10.0 Å². The lowest BCUT2D eigenvalue weighted by molar-refractivity contribution is -0.137. The number of hydrogen-bond donors (Lipinski definition) is 2. The third-order valence-corrected chi connectivity index (χ3v) is 9.57. The van der Waals surface area contributed by atoms with Crippen LogP contribution in [0.3, 0.4) is 0 Å². The zero-order chi connectivity index (χ0) is 25.3. The first-order valence-corrected chi connectivity index (χ1v) is 13.0. The normalized spacial score (nSPS) is 24.9. The summed E-state index contributed by atoms with van der Waals surface area (Å²) >= 11 is 12.0. The zero-order valence-corrected chi connectivity index (χ0v) is 20.5. The van der Waals surface area contributed by atoms with Crippen molar-refractivity contribution in [3.8, 4) is 22.6 Å². The number of aromatic nitrogens is 2. The molecule has 1 aliphatic heterocycles. The Hall–Kier alpha value is -2.11. The molecule has 35 heavy (non-hydrogen) atoms. The number of aliphatic hydroxyl groups excluding tert-OH is 1. The van der Waals surface area contributed by atoms with Gasteiger partial charge in [0.1, 0.15) is 10.7 Å². The van der Waals surface area contributed by atoms with Crippen molar-refractivity contribution in [1.29, 1.82) is 0 Å². The summed E-state index contributed by atoms with van der Waals surface area (Å²) in [5, 5.41) is 9.61. The van der Waals surface area contributed by atoms with Gasteiger partial charge >= 0.3 is 6.18 Å². The Balaban J connectivity index is 1.48. The molecule has 12 heteroatoms. The molecule has 0 spiro atoms. The van der Waals surface area contributed by atoms with E-state index in [0.717, 1.165) is 12.1 Å². The van der Waals surface area contributed by atoms with Crippen molar-refractivity contribution < 1.29 is 26.7 Å². The van der Waals surface area contributed by atoms with Gasteiger partial charge < -0.3 is 10.1 Å². The molecule has 1 saturated carbocycles. The number of hydrogen-bond acceptors (Lipinski definition) is 4. The highest BCUT2D eigenvalue weighted by Gasteiger charge is 2.56. The number of fused-ring (bicyclic) bond motifs is 2. The van der Waals surface area contributed by atoms with Crippen LogP contribution in [0.25, 0.3) is 22.6 Å². The highest BCUT2D eigenvalue weighted by molar-refractivity contribution is 7.89.